The van der Waals surface area contributed by atoms with E-state index >= 15 is 0 Å². The molecule has 1 fully saturated rings. The minimum Gasteiger partial charge on any atom is -0.307 e. The highest BCUT2D eigenvalue weighted by Gasteiger charge is 2.40. The Balaban J connectivity index is 2.36. The number of hydrogen-bond acceptors (Lipinski definition) is 2. The van der Waals surface area contributed by atoms with Crippen LogP contribution < -0.4 is 0 Å². The van der Waals surface area contributed by atoms with Gasteiger partial charge >= 0.3 is 6.18 Å². The van der Waals surface area contributed by atoms with Gasteiger partial charge < -0.3 is 4.57 Å². The fraction of sp³-hybridized carbons (Fsp3) is 0.667. The lowest BCUT2D eigenvalue weighted by molar-refractivity contribution is -0.147. The number of nitrogens with zero attached hydrogens (tertiary/aromatic N) is 3. The van der Waals surface area contributed by atoms with Crippen molar-refractivity contribution in [2.75, 3.05) is 0 Å². The molecule has 1 aromatic rings. The zero-order chi connectivity index (χ0) is 8.77. The van der Waals surface area contributed by atoms with Crippen molar-refractivity contribution in [2.24, 2.45) is 0 Å². The molecule has 1 aromatic heterocycles. The summed E-state index contributed by atoms with van der Waals surface area (Å²) in [6, 6.07) is -0.0309. The largest absolute Gasteiger partial charge is 0.451 e. The van der Waals surface area contributed by atoms with Gasteiger partial charge in [0.15, 0.2) is 0 Å². The number of alkyl halides is 3. The van der Waals surface area contributed by atoms with Crippen molar-refractivity contribution in [3.63, 3.8) is 0 Å². The van der Waals surface area contributed by atoms with Crippen molar-refractivity contribution in [3.8, 4) is 0 Å². The molecule has 6 heteroatoms. The van der Waals surface area contributed by atoms with Gasteiger partial charge in [-0.15, -0.1) is 10.2 Å². The van der Waals surface area contributed by atoms with Gasteiger partial charge in [-0.05, 0) is 12.8 Å². The topological polar surface area (TPSA) is 30.7 Å². The number of hydrogen-bond donors (Lipinski definition) is 0. The van der Waals surface area contributed by atoms with Crippen LogP contribution in [0.4, 0.5) is 13.2 Å². The minimum atomic E-state index is -4.38. The molecular formula is C6H6F3N3. The van der Waals surface area contributed by atoms with Crippen molar-refractivity contribution < 1.29 is 13.2 Å². The van der Waals surface area contributed by atoms with Crippen LogP contribution in [-0.2, 0) is 6.18 Å². The second kappa shape index (κ2) is 2.21. The van der Waals surface area contributed by atoms with Crippen molar-refractivity contribution in [2.45, 2.75) is 25.1 Å². The van der Waals surface area contributed by atoms with Crippen LogP contribution in [0.3, 0.4) is 0 Å². The van der Waals surface area contributed by atoms with E-state index in [1.165, 1.54) is 0 Å². The number of halogens is 3. The molecule has 1 saturated carbocycles. The summed E-state index contributed by atoms with van der Waals surface area (Å²) in [6.45, 7) is 0. The first-order valence-corrected chi connectivity index (χ1v) is 3.56. The van der Waals surface area contributed by atoms with Crippen LogP contribution >= 0.6 is 0 Å². The van der Waals surface area contributed by atoms with Crippen molar-refractivity contribution in [3.05, 3.63) is 12.2 Å². The highest BCUT2D eigenvalue weighted by molar-refractivity contribution is 4.98. The van der Waals surface area contributed by atoms with Gasteiger partial charge in [0.05, 0.1) is 0 Å². The van der Waals surface area contributed by atoms with E-state index in [4.69, 9.17) is 0 Å². The molecule has 1 heterocycles. The van der Waals surface area contributed by atoms with E-state index in [-0.39, 0.29) is 6.04 Å². The van der Waals surface area contributed by atoms with E-state index in [2.05, 4.69) is 10.2 Å². The summed E-state index contributed by atoms with van der Waals surface area (Å²) in [6.07, 6.45) is -1.65. The Morgan fingerprint density at radius 3 is 2.58 bits per heavy atom. The standard InChI is InChI=1S/C6H6F3N3/c7-6(8,9)5-11-10-3-12(5)4-1-2-4/h3-4H,1-2H2. The molecule has 0 radical (unpaired) electrons. The Bertz CT molecular complexity index is 286. The van der Waals surface area contributed by atoms with E-state index in [0.717, 1.165) is 23.7 Å². The first-order chi connectivity index (χ1) is 5.59. The molecule has 0 N–H and O–H groups in total. The van der Waals surface area contributed by atoms with E-state index in [1.54, 1.807) is 0 Å². The summed E-state index contributed by atoms with van der Waals surface area (Å²) in [5, 5.41) is 6.28. The van der Waals surface area contributed by atoms with E-state index < -0.39 is 12.0 Å². The zero-order valence-corrected chi connectivity index (χ0v) is 6.04. The van der Waals surface area contributed by atoms with Crippen LogP contribution in [0.25, 0.3) is 0 Å². The maximum Gasteiger partial charge on any atom is 0.451 e. The predicted molar refractivity (Wildman–Crippen MR) is 33.3 cm³/mol. The molecule has 0 amide bonds. The monoisotopic (exact) mass is 177 g/mol. The lowest BCUT2D eigenvalue weighted by Crippen LogP contribution is -2.13. The fourth-order valence-electron chi connectivity index (χ4n) is 1.07. The summed E-state index contributed by atoms with van der Waals surface area (Å²) in [4.78, 5) is 0. The SMILES string of the molecule is FC(F)(F)c1nncn1C1CC1. The fourth-order valence-corrected chi connectivity index (χ4v) is 1.07. The third-order valence-electron chi connectivity index (χ3n) is 1.77. The van der Waals surface area contributed by atoms with Gasteiger partial charge in [0.1, 0.15) is 6.33 Å². The lowest BCUT2D eigenvalue weighted by Gasteiger charge is -2.06. The molecular weight excluding hydrogens is 171 g/mol. The molecule has 0 atom stereocenters. The van der Waals surface area contributed by atoms with Crippen molar-refractivity contribution >= 4 is 0 Å². The van der Waals surface area contributed by atoms with Gasteiger partial charge in [-0.25, -0.2) is 0 Å². The second-order valence-electron chi connectivity index (χ2n) is 2.79. The summed E-state index contributed by atoms with van der Waals surface area (Å²) < 4.78 is 37.5. The van der Waals surface area contributed by atoms with Crippen LogP contribution in [0.1, 0.15) is 24.7 Å². The van der Waals surface area contributed by atoms with E-state index in [0.29, 0.717) is 0 Å². The van der Waals surface area contributed by atoms with Gasteiger partial charge in [-0.2, -0.15) is 13.2 Å². The Labute approximate surface area is 66.2 Å². The molecule has 0 aliphatic heterocycles. The molecule has 0 saturated heterocycles. The summed E-state index contributed by atoms with van der Waals surface area (Å²) in [5.41, 5.74) is 0. The van der Waals surface area contributed by atoms with Gasteiger partial charge in [-0.1, -0.05) is 0 Å². The van der Waals surface area contributed by atoms with Gasteiger partial charge in [0.2, 0.25) is 5.82 Å². The number of aromatic nitrogens is 3. The van der Waals surface area contributed by atoms with Crippen LogP contribution in [0, 0.1) is 0 Å². The number of rotatable bonds is 1. The Kier molecular flexibility index (Phi) is 1.39. The first kappa shape index (κ1) is 7.57. The molecule has 0 spiro atoms. The minimum absolute atomic E-state index is 0.0309. The molecule has 0 aromatic carbocycles. The Hall–Kier alpha value is -1.07. The zero-order valence-electron chi connectivity index (χ0n) is 6.04. The van der Waals surface area contributed by atoms with Gasteiger partial charge in [0.25, 0.3) is 0 Å². The van der Waals surface area contributed by atoms with Crippen molar-refractivity contribution in [1.82, 2.24) is 14.8 Å². The third kappa shape index (κ3) is 1.17. The molecule has 1 aliphatic carbocycles. The van der Waals surface area contributed by atoms with Crippen LogP contribution in [0.2, 0.25) is 0 Å². The molecule has 0 bridgehead atoms. The van der Waals surface area contributed by atoms with Crippen LogP contribution in [0.5, 0.6) is 0 Å². The molecule has 1 aliphatic rings. The maximum atomic E-state index is 12.1. The molecule has 12 heavy (non-hydrogen) atoms. The summed E-state index contributed by atoms with van der Waals surface area (Å²) in [5.74, 6) is -0.884. The highest BCUT2D eigenvalue weighted by Crippen LogP contribution is 2.38. The Morgan fingerprint density at radius 1 is 1.42 bits per heavy atom. The average molecular weight is 177 g/mol. The maximum absolute atomic E-state index is 12.1. The third-order valence-corrected chi connectivity index (χ3v) is 1.77. The average Bonchev–Trinajstić information content (AvgIpc) is 2.65. The van der Waals surface area contributed by atoms with Crippen molar-refractivity contribution in [1.29, 1.82) is 0 Å². The van der Waals surface area contributed by atoms with Gasteiger partial charge in [0, 0.05) is 6.04 Å². The Morgan fingerprint density at radius 2 is 2.08 bits per heavy atom. The first-order valence-electron chi connectivity index (χ1n) is 3.56. The molecule has 0 unspecified atom stereocenters. The molecule has 2 rings (SSSR count). The normalized spacial score (nSPS) is 18.2. The summed E-state index contributed by atoms with van der Waals surface area (Å²) >= 11 is 0. The summed E-state index contributed by atoms with van der Waals surface area (Å²) in [7, 11) is 0. The predicted octanol–water partition coefficient (Wildman–Crippen LogP) is 1.63. The van der Waals surface area contributed by atoms with Crippen LogP contribution in [0.15, 0.2) is 6.33 Å². The lowest BCUT2D eigenvalue weighted by atomic mass is 10.5. The van der Waals surface area contributed by atoms with Gasteiger partial charge in [-0.3, -0.25) is 0 Å². The smallest absolute Gasteiger partial charge is 0.307 e. The van der Waals surface area contributed by atoms with E-state index in [1.807, 2.05) is 0 Å². The highest BCUT2D eigenvalue weighted by atomic mass is 19.4. The van der Waals surface area contributed by atoms with Crippen LogP contribution in [-0.4, -0.2) is 14.8 Å². The second-order valence-corrected chi connectivity index (χ2v) is 2.79. The quantitative estimate of drug-likeness (QED) is 0.652. The molecule has 66 valence electrons. The molecule has 3 nitrogen and oxygen atoms in total. The van der Waals surface area contributed by atoms with E-state index in [9.17, 15) is 13.2 Å².